The third-order valence-corrected chi connectivity index (χ3v) is 6.92. The van der Waals surface area contributed by atoms with Gasteiger partial charge in [0.15, 0.2) is 5.78 Å². The molecule has 3 atom stereocenters. The first-order valence-corrected chi connectivity index (χ1v) is 11.3. The lowest BCUT2D eigenvalue weighted by Crippen LogP contribution is -2.45. The van der Waals surface area contributed by atoms with E-state index in [4.69, 9.17) is 17.3 Å². The van der Waals surface area contributed by atoms with Crippen LogP contribution in [0.25, 0.3) is 10.9 Å². The normalized spacial score (nSPS) is 20.9. The first-order valence-electron chi connectivity index (χ1n) is 10.9. The molecule has 2 fully saturated rings. The van der Waals surface area contributed by atoms with Crippen molar-refractivity contribution in [1.29, 1.82) is 0 Å². The number of piperidine rings is 1. The van der Waals surface area contributed by atoms with Gasteiger partial charge in [0, 0.05) is 24.0 Å². The third kappa shape index (κ3) is 3.90. The Morgan fingerprint density at radius 2 is 1.94 bits per heavy atom. The molecule has 3 aromatic rings. The Hall–Kier alpha value is -3.46. The monoisotopic (exact) mass is 486 g/mol. The number of hydrogen-bond acceptors (Lipinski definition) is 3. The molecule has 34 heavy (non-hydrogen) atoms. The molecule has 0 radical (unpaired) electrons. The van der Waals surface area contributed by atoms with Gasteiger partial charge in [0.25, 0.3) is 0 Å². The zero-order valence-corrected chi connectivity index (χ0v) is 18.7. The van der Waals surface area contributed by atoms with Gasteiger partial charge in [-0.05, 0) is 55.0 Å². The topological polar surface area (TPSA) is 97.4 Å². The van der Waals surface area contributed by atoms with Crippen molar-refractivity contribution in [1.82, 2.24) is 9.47 Å². The van der Waals surface area contributed by atoms with Crippen molar-refractivity contribution in [3.8, 4) is 0 Å². The summed E-state index contributed by atoms with van der Waals surface area (Å²) in [5, 5.41) is 3.04. The predicted octanol–water partition coefficient (Wildman–Crippen LogP) is 4.70. The molecule has 1 aromatic heterocycles. The Kier molecular flexibility index (Phi) is 5.51. The highest BCUT2D eigenvalue weighted by Crippen LogP contribution is 2.48. The summed E-state index contributed by atoms with van der Waals surface area (Å²) in [5.41, 5.74) is 6.32. The number of nitrogens with two attached hydrogens (primary N) is 1. The molecule has 7 nitrogen and oxygen atoms in total. The number of hydrogen-bond donors (Lipinski definition) is 2. The number of nitrogens with zero attached hydrogens (tertiary/aromatic N) is 2. The first kappa shape index (κ1) is 22.3. The molecular formula is C24H21ClF2N4O3. The second-order valence-corrected chi connectivity index (χ2v) is 9.15. The lowest BCUT2D eigenvalue weighted by atomic mass is 10.00. The van der Waals surface area contributed by atoms with E-state index >= 15 is 0 Å². The number of ketones is 1. The molecule has 3 amide bonds. The molecule has 10 heteroatoms. The van der Waals surface area contributed by atoms with Crippen LogP contribution >= 0.6 is 11.6 Å². The number of aryl methyl sites for hydroxylation is 1. The van der Waals surface area contributed by atoms with Crippen molar-refractivity contribution in [2.24, 2.45) is 11.7 Å². The van der Waals surface area contributed by atoms with E-state index in [1.807, 2.05) is 0 Å². The van der Waals surface area contributed by atoms with E-state index in [1.165, 1.54) is 35.4 Å². The molecule has 1 aliphatic heterocycles. The highest BCUT2D eigenvalue weighted by molar-refractivity contribution is 6.30. The summed E-state index contributed by atoms with van der Waals surface area (Å²) in [6, 6.07) is 6.48. The Morgan fingerprint density at radius 1 is 1.15 bits per heavy atom. The van der Waals surface area contributed by atoms with Crippen LogP contribution < -0.4 is 11.1 Å². The van der Waals surface area contributed by atoms with Crippen LogP contribution in [0.2, 0.25) is 5.02 Å². The zero-order valence-electron chi connectivity index (χ0n) is 17.9. The number of Topliss-reactive ketones (excluding diaryl/α,β-unsaturated/α-hetero) is 1. The van der Waals surface area contributed by atoms with Gasteiger partial charge in [0.05, 0.1) is 22.3 Å². The lowest BCUT2D eigenvalue weighted by molar-refractivity contribution is -0.123. The summed E-state index contributed by atoms with van der Waals surface area (Å²) >= 11 is 5.82. The van der Waals surface area contributed by atoms with Crippen molar-refractivity contribution < 1.29 is 23.2 Å². The predicted molar refractivity (Wildman–Crippen MR) is 123 cm³/mol. The molecular weight excluding hydrogens is 466 g/mol. The van der Waals surface area contributed by atoms with Crippen LogP contribution in [0.3, 0.4) is 0 Å². The van der Waals surface area contributed by atoms with Gasteiger partial charge in [-0.15, -0.1) is 0 Å². The Labute approximate surface area is 198 Å². The molecule has 5 rings (SSSR count). The average molecular weight is 487 g/mol. The second kappa shape index (κ2) is 8.39. The van der Waals surface area contributed by atoms with E-state index in [9.17, 15) is 23.2 Å². The van der Waals surface area contributed by atoms with Crippen molar-refractivity contribution in [2.45, 2.75) is 37.8 Å². The van der Waals surface area contributed by atoms with Crippen LogP contribution in [-0.4, -0.2) is 39.4 Å². The fraction of sp³-hybridized carbons (Fsp3) is 0.292. The molecule has 1 saturated heterocycles. The van der Waals surface area contributed by atoms with Crippen LogP contribution in [0, 0.1) is 17.6 Å². The summed E-state index contributed by atoms with van der Waals surface area (Å²) in [5.74, 6) is -0.992. The van der Waals surface area contributed by atoms with Gasteiger partial charge in [0.1, 0.15) is 11.6 Å². The number of likely N-dealkylation sites (tertiary alicyclic amines) is 1. The number of carbonyl (C=O) groups is 3. The van der Waals surface area contributed by atoms with E-state index in [0.717, 1.165) is 11.0 Å². The average Bonchev–Trinajstić information content (AvgIpc) is 3.31. The molecule has 2 unspecified atom stereocenters. The molecule has 2 heterocycles. The quantitative estimate of drug-likeness (QED) is 0.547. The van der Waals surface area contributed by atoms with E-state index < -0.39 is 29.7 Å². The van der Waals surface area contributed by atoms with Gasteiger partial charge in [0.2, 0.25) is 0 Å². The number of nitrogens with one attached hydrogen (secondary N) is 1. The van der Waals surface area contributed by atoms with Crippen LogP contribution in [0.5, 0.6) is 0 Å². The molecule has 3 N–H and O–H groups in total. The van der Waals surface area contributed by atoms with Gasteiger partial charge in [-0.2, -0.15) is 0 Å². The van der Waals surface area contributed by atoms with Gasteiger partial charge in [-0.25, -0.2) is 18.4 Å². The van der Waals surface area contributed by atoms with Crippen LogP contribution in [-0.2, 0) is 11.2 Å². The van der Waals surface area contributed by atoms with Crippen LogP contribution in [0.15, 0.2) is 42.6 Å². The number of rotatable bonds is 5. The van der Waals surface area contributed by atoms with Crippen molar-refractivity contribution in [3.05, 3.63) is 64.8 Å². The summed E-state index contributed by atoms with van der Waals surface area (Å²) in [4.78, 5) is 39.5. The number of fused-ring (bicyclic) bond motifs is 2. The van der Waals surface area contributed by atoms with E-state index in [1.54, 1.807) is 12.1 Å². The van der Waals surface area contributed by atoms with Crippen LogP contribution in [0.4, 0.5) is 24.1 Å². The number of anilines is 1. The van der Waals surface area contributed by atoms with Crippen molar-refractivity contribution in [3.63, 3.8) is 0 Å². The second-order valence-electron chi connectivity index (χ2n) is 8.74. The lowest BCUT2D eigenvalue weighted by Gasteiger charge is -2.27. The minimum Gasteiger partial charge on any atom is -0.351 e. The Morgan fingerprint density at radius 3 is 2.71 bits per heavy atom. The molecule has 0 bridgehead atoms. The molecule has 2 aliphatic rings. The summed E-state index contributed by atoms with van der Waals surface area (Å²) in [6.45, 7) is 0. The molecule has 1 aliphatic carbocycles. The highest BCUT2D eigenvalue weighted by atomic mass is 35.5. The zero-order chi connectivity index (χ0) is 24.1. The molecule has 1 saturated carbocycles. The Balaban J connectivity index is 1.34. The van der Waals surface area contributed by atoms with Crippen LogP contribution in [0.1, 0.15) is 24.8 Å². The fourth-order valence-corrected chi connectivity index (χ4v) is 5.06. The van der Waals surface area contributed by atoms with E-state index in [-0.39, 0.29) is 41.3 Å². The smallest absolute Gasteiger partial charge is 0.323 e. The van der Waals surface area contributed by atoms with Gasteiger partial charge >= 0.3 is 12.1 Å². The summed E-state index contributed by atoms with van der Waals surface area (Å²) < 4.78 is 29.2. The van der Waals surface area contributed by atoms with Gasteiger partial charge in [-0.3, -0.25) is 9.36 Å². The third-order valence-electron chi connectivity index (χ3n) is 6.63. The number of aromatic nitrogens is 1. The Bertz CT molecular complexity index is 1340. The fourth-order valence-electron chi connectivity index (χ4n) is 4.87. The van der Waals surface area contributed by atoms with Crippen molar-refractivity contribution in [2.75, 3.05) is 5.32 Å². The number of primary amides is 1. The maximum Gasteiger partial charge on any atom is 0.323 e. The molecule has 0 spiro atoms. The van der Waals surface area contributed by atoms with Gasteiger partial charge < -0.3 is 16.0 Å². The number of halogens is 3. The highest BCUT2D eigenvalue weighted by Gasteiger charge is 2.55. The minimum atomic E-state index is -0.776. The summed E-state index contributed by atoms with van der Waals surface area (Å²) in [6.07, 6.45) is 2.93. The van der Waals surface area contributed by atoms with Gasteiger partial charge in [-0.1, -0.05) is 23.7 Å². The van der Waals surface area contributed by atoms with Crippen molar-refractivity contribution >= 4 is 46.0 Å². The molecule has 176 valence electrons. The molecule has 2 aromatic carbocycles. The number of carbonyl (C=O) groups excluding carboxylic acids is 3. The summed E-state index contributed by atoms with van der Waals surface area (Å²) in [7, 11) is 0. The van der Waals surface area contributed by atoms with E-state index in [2.05, 4.69) is 5.32 Å². The standard InChI is InChI=1S/C24H21ClF2N4O3/c25-16-3-1-2-12(22(16)27)4-7-21(32)20-9-13-8-19(13)31(20)24(34)29-17-11-30(23(28)33)18-6-5-14(26)10-15(17)18/h1-3,5-6,10-11,13,19-20H,4,7-9H2,(H2,28,33)(H,29,34)/t13?,19?,20-/m0/s1. The SMILES string of the molecule is NC(=O)n1cc(NC(=O)N2C3CC3C[C@H]2C(=O)CCc2cccc(Cl)c2F)c2cc(F)ccc21. The number of benzene rings is 2. The maximum absolute atomic E-state index is 14.2. The number of amides is 3. The maximum atomic E-state index is 14.2. The van der Waals surface area contributed by atoms with E-state index in [0.29, 0.717) is 22.9 Å². The minimum absolute atomic E-state index is 0.000347. The first-order chi connectivity index (χ1) is 16.2. The largest absolute Gasteiger partial charge is 0.351 e. The number of urea groups is 1.